The highest BCUT2D eigenvalue weighted by Gasteiger charge is 2.25. The number of hydrogen-bond donors (Lipinski definition) is 2. The zero-order chi connectivity index (χ0) is 21.2. The Labute approximate surface area is 199 Å². The number of hydrogen-bond acceptors (Lipinski definition) is 6. The van der Waals surface area contributed by atoms with Crippen molar-refractivity contribution in [3.63, 3.8) is 0 Å². The van der Waals surface area contributed by atoms with Gasteiger partial charge in [-0.25, -0.2) is 4.99 Å². The lowest BCUT2D eigenvalue weighted by atomic mass is 10.2. The zero-order valence-electron chi connectivity index (χ0n) is 17.7. The number of nitrogens with zero attached hydrogens (tertiary/aromatic N) is 3. The van der Waals surface area contributed by atoms with E-state index in [1.165, 1.54) is 25.0 Å². The molecule has 1 aliphatic heterocycles. The second-order valence-corrected chi connectivity index (χ2v) is 7.16. The molecule has 2 N–H and O–H groups in total. The third-order valence-corrected chi connectivity index (χ3v) is 5.08. The summed E-state index contributed by atoms with van der Waals surface area (Å²) in [6.45, 7) is 4.37. The minimum atomic E-state index is -0.403. The molecule has 1 unspecified atom stereocenters. The van der Waals surface area contributed by atoms with Gasteiger partial charge in [-0.2, -0.15) is 0 Å². The summed E-state index contributed by atoms with van der Waals surface area (Å²) in [5, 5.41) is 17.5. The van der Waals surface area contributed by atoms with Gasteiger partial charge in [0, 0.05) is 32.3 Å². The molecule has 0 radical (unpaired) electrons. The number of aliphatic imine (C=N–C) groups is 1. The van der Waals surface area contributed by atoms with Crippen molar-refractivity contribution in [3.8, 4) is 0 Å². The summed E-state index contributed by atoms with van der Waals surface area (Å²) < 4.78 is 10.8. The molecule has 31 heavy (non-hydrogen) atoms. The molecule has 1 fully saturated rings. The summed E-state index contributed by atoms with van der Waals surface area (Å²) in [4.78, 5) is 17.5. The van der Waals surface area contributed by atoms with Gasteiger partial charge in [-0.15, -0.1) is 24.0 Å². The van der Waals surface area contributed by atoms with Crippen molar-refractivity contribution >= 4 is 35.6 Å². The summed E-state index contributed by atoms with van der Waals surface area (Å²) >= 11 is 0. The Morgan fingerprint density at radius 2 is 2.00 bits per heavy atom. The smallest absolute Gasteiger partial charge is 0.269 e. The maximum atomic E-state index is 10.8. The Morgan fingerprint density at radius 1 is 1.26 bits per heavy atom. The van der Waals surface area contributed by atoms with E-state index in [9.17, 15) is 10.1 Å². The Bertz CT molecular complexity index is 808. The lowest BCUT2D eigenvalue weighted by Crippen LogP contribution is -2.43. The van der Waals surface area contributed by atoms with Gasteiger partial charge in [0.2, 0.25) is 0 Å². The van der Waals surface area contributed by atoms with E-state index in [1.54, 1.807) is 25.5 Å². The molecule has 170 valence electrons. The van der Waals surface area contributed by atoms with Crippen molar-refractivity contribution in [2.75, 3.05) is 39.9 Å². The summed E-state index contributed by atoms with van der Waals surface area (Å²) in [7, 11) is 1.66. The number of halogens is 1. The molecule has 0 aliphatic carbocycles. The van der Waals surface area contributed by atoms with Crippen molar-refractivity contribution in [2.45, 2.75) is 25.4 Å². The predicted molar refractivity (Wildman–Crippen MR) is 130 cm³/mol. The van der Waals surface area contributed by atoms with Gasteiger partial charge < -0.3 is 19.8 Å². The number of guanidine groups is 1. The van der Waals surface area contributed by atoms with Crippen molar-refractivity contribution in [1.82, 2.24) is 15.5 Å². The van der Waals surface area contributed by atoms with Crippen LogP contribution in [0.4, 0.5) is 5.69 Å². The van der Waals surface area contributed by atoms with Gasteiger partial charge in [-0.3, -0.25) is 15.0 Å². The van der Waals surface area contributed by atoms with E-state index in [-0.39, 0.29) is 35.7 Å². The van der Waals surface area contributed by atoms with Crippen LogP contribution in [-0.2, 0) is 11.3 Å². The van der Waals surface area contributed by atoms with Crippen LogP contribution in [0.3, 0.4) is 0 Å². The van der Waals surface area contributed by atoms with Gasteiger partial charge in [0.1, 0.15) is 5.76 Å². The molecule has 1 aromatic carbocycles. The lowest BCUT2D eigenvalue weighted by molar-refractivity contribution is -0.384. The molecule has 10 heteroatoms. The van der Waals surface area contributed by atoms with Crippen LogP contribution >= 0.6 is 24.0 Å². The van der Waals surface area contributed by atoms with Crippen LogP contribution in [0.5, 0.6) is 0 Å². The van der Waals surface area contributed by atoms with Crippen LogP contribution < -0.4 is 10.6 Å². The molecule has 0 saturated carbocycles. The quantitative estimate of drug-likeness (QED) is 0.118. The van der Waals surface area contributed by atoms with E-state index in [1.807, 2.05) is 12.1 Å². The Morgan fingerprint density at radius 3 is 2.61 bits per heavy atom. The molecule has 0 bridgehead atoms. The predicted octanol–water partition coefficient (Wildman–Crippen LogP) is 3.32. The second-order valence-electron chi connectivity index (χ2n) is 7.16. The third kappa shape index (κ3) is 7.78. The van der Waals surface area contributed by atoms with Crippen molar-refractivity contribution in [2.24, 2.45) is 4.99 Å². The number of nitro groups is 1. The standard InChI is InChI=1S/C21H29N5O4.HI/c1-29-14-10-22-21(23-15-17-6-8-18(9-7-17)26(27)28)24-16-19(20-5-4-13-30-20)25-11-2-3-12-25;/h4-9,13,19H,2-3,10-12,14-16H2,1H3,(H2,22,23,24);1H. The number of methoxy groups -OCH3 is 1. The molecule has 1 aliphatic rings. The molecule has 2 heterocycles. The van der Waals surface area contributed by atoms with Crippen LogP contribution in [0.2, 0.25) is 0 Å². The van der Waals surface area contributed by atoms with E-state index >= 15 is 0 Å². The summed E-state index contributed by atoms with van der Waals surface area (Å²) in [5.41, 5.74) is 0.974. The number of furan rings is 1. The monoisotopic (exact) mass is 543 g/mol. The number of benzene rings is 1. The minimum Gasteiger partial charge on any atom is -0.468 e. The van der Waals surface area contributed by atoms with Gasteiger partial charge in [-0.05, 0) is 43.6 Å². The first-order valence-electron chi connectivity index (χ1n) is 10.2. The fourth-order valence-corrected chi connectivity index (χ4v) is 3.48. The van der Waals surface area contributed by atoms with Gasteiger partial charge in [0.05, 0.1) is 30.4 Å². The van der Waals surface area contributed by atoms with Crippen molar-refractivity contribution in [3.05, 3.63) is 64.1 Å². The highest BCUT2D eigenvalue weighted by atomic mass is 127. The minimum absolute atomic E-state index is 0. The average molecular weight is 543 g/mol. The number of nitro benzene ring substituents is 1. The van der Waals surface area contributed by atoms with Gasteiger partial charge in [0.15, 0.2) is 5.96 Å². The fourth-order valence-electron chi connectivity index (χ4n) is 3.48. The molecule has 9 nitrogen and oxygen atoms in total. The molecule has 1 saturated heterocycles. The van der Waals surface area contributed by atoms with Gasteiger partial charge in [0.25, 0.3) is 5.69 Å². The van der Waals surface area contributed by atoms with Crippen molar-refractivity contribution in [1.29, 1.82) is 0 Å². The van der Waals surface area contributed by atoms with E-state index in [2.05, 4.69) is 20.5 Å². The van der Waals surface area contributed by atoms with E-state index < -0.39 is 4.92 Å². The van der Waals surface area contributed by atoms with Crippen LogP contribution in [0.25, 0.3) is 0 Å². The molecular formula is C21H30IN5O4. The van der Waals surface area contributed by atoms with Crippen LogP contribution in [0.15, 0.2) is 52.1 Å². The topological polar surface area (TPSA) is 105 Å². The van der Waals surface area contributed by atoms with E-state index in [4.69, 9.17) is 9.15 Å². The summed E-state index contributed by atoms with van der Waals surface area (Å²) in [6, 6.07) is 10.5. The van der Waals surface area contributed by atoms with Crippen molar-refractivity contribution < 1.29 is 14.1 Å². The van der Waals surface area contributed by atoms with E-state index in [0.29, 0.717) is 32.2 Å². The second kappa shape index (κ2) is 13.3. The maximum Gasteiger partial charge on any atom is 0.269 e. The first-order valence-corrected chi connectivity index (χ1v) is 10.2. The Balaban J connectivity index is 0.00000341. The van der Waals surface area contributed by atoms with Gasteiger partial charge >= 0.3 is 0 Å². The maximum absolute atomic E-state index is 10.8. The van der Waals surface area contributed by atoms with Crippen LogP contribution in [-0.4, -0.2) is 55.7 Å². The third-order valence-electron chi connectivity index (χ3n) is 5.08. The molecule has 3 rings (SSSR count). The fraction of sp³-hybridized carbons (Fsp3) is 0.476. The zero-order valence-corrected chi connectivity index (χ0v) is 20.0. The largest absolute Gasteiger partial charge is 0.468 e. The Hall–Kier alpha value is -2.18. The van der Waals surface area contributed by atoms with Crippen LogP contribution in [0.1, 0.15) is 30.2 Å². The van der Waals surface area contributed by atoms with Gasteiger partial charge in [-0.1, -0.05) is 12.1 Å². The summed E-state index contributed by atoms with van der Waals surface area (Å²) in [6.07, 6.45) is 4.10. The highest BCUT2D eigenvalue weighted by molar-refractivity contribution is 14.0. The number of rotatable bonds is 10. The summed E-state index contributed by atoms with van der Waals surface area (Å²) in [5.74, 6) is 1.61. The molecule has 2 aromatic rings. The number of ether oxygens (including phenoxy) is 1. The normalized spacial score (nSPS) is 15.3. The SMILES string of the molecule is COCCNC(=NCc1ccc([N+](=O)[O-])cc1)NCC(c1ccco1)N1CCCC1.I. The number of non-ortho nitro benzene ring substituents is 1. The highest BCUT2D eigenvalue weighted by Crippen LogP contribution is 2.24. The number of nitrogens with one attached hydrogen (secondary N) is 2. The average Bonchev–Trinajstić information content (AvgIpc) is 3.47. The molecule has 1 aromatic heterocycles. The first-order chi connectivity index (χ1) is 14.7. The lowest BCUT2D eigenvalue weighted by Gasteiger charge is -2.26. The molecule has 0 spiro atoms. The first kappa shape index (κ1) is 25.1. The molecular weight excluding hydrogens is 513 g/mol. The van der Waals surface area contributed by atoms with E-state index in [0.717, 1.165) is 24.4 Å². The molecule has 0 amide bonds. The number of likely N-dealkylation sites (tertiary alicyclic amines) is 1. The molecule has 1 atom stereocenters. The Kier molecular flexibility index (Phi) is 10.7. The van der Waals surface area contributed by atoms with Crippen LogP contribution in [0, 0.1) is 10.1 Å².